The van der Waals surface area contributed by atoms with E-state index in [1.807, 2.05) is 19.1 Å². The van der Waals surface area contributed by atoms with Gasteiger partial charge in [-0.2, -0.15) is 0 Å². The van der Waals surface area contributed by atoms with Crippen LogP contribution in [-0.4, -0.2) is 43.7 Å². The maximum absolute atomic E-state index is 12.1. The number of halogens is 1. The Morgan fingerprint density at radius 1 is 1.26 bits per heavy atom. The van der Waals surface area contributed by atoms with Gasteiger partial charge < -0.3 is 18.9 Å². The van der Waals surface area contributed by atoms with Crippen molar-refractivity contribution in [2.45, 2.75) is 13.0 Å². The van der Waals surface area contributed by atoms with Crippen LogP contribution in [0, 0.1) is 6.92 Å². The highest BCUT2D eigenvalue weighted by molar-refractivity contribution is 6.29. The van der Waals surface area contributed by atoms with Gasteiger partial charge in [-0.3, -0.25) is 9.69 Å². The van der Waals surface area contributed by atoms with Crippen LogP contribution < -0.4 is 5.32 Å². The zero-order valence-electron chi connectivity index (χ0n) is 12.9. The van der Waals surface area contributed by atoms with Gasteiger partial charge in [0.25, 0.3) is 5.91 Å². The van der Waals surface area contributed by atoms with Gasteiger partial charge in [-0.1, -0.05) is 0 Å². The van der Waals surface area contributed by atoms with E-state index in [-0.39, 0.29) is 22.9 Å². The number of ether oxygens (including phenoxy) is 1. The molecule has 2 aromatic heterocycles. The second kappa shape index (κ2) is 7.21. The van der Waals surface area contributed by atoms with Gasteiger partial charge in [-0.25, -0.2) is 0 Å². The number of morpholine rings is 1. The van der Waals surface area contributed by atoms with Crippen LogP contribution >= 0.6 is 11.6 Å². The summed E-state index contributed by atoms with van der Waals surface area (Å²) < 4.78 is 16.3. The lowest BCUT2D eigenvalue weighted by molar-refractivity contribution is 0.0116. The summed E-state index contributed by atoms with van der Waals surface area (Å²) in [6, 6.07) is 6.94. The average Bonchev–Trinajstić information content (AvgIpc) is 3.17. The molecule has 0 aromatic carbocycles. The Morgan fingerprint density at radius 3 is 2.65 bits per heavy atom. The van der Waals surface area contributed by atoms with Gasteiger partial charge >= 0.3 is 0 Å². The summed E-state index contributed by atoms with van der Waals surface area (Å²) >= 11 is 5.70. The highest BCUT2D eigenvalue weighted by Crippen LogP contribution is 2.23. The normalized spacial score (nSPS) is 17.1. The predicted octanol–water partition coefficient (Wildman–Crippen LogP) is 2.64. The van der Waals surface area contributed by atoms with E-state index in [2.05, 4.69) is 10.2 Å². The molecule has 0 spiro atoms. The number of furan rings is 2. The fraction of sp³-hybridized carbons (Fsp3) is 0.438. The molecule has 0 saturated carbocycles. The number of aryl methyl sites for hydroxylation is 1. The Kier molecular flexibility index (Phi) is 5.05. The molecule has 2 aromatic rings. The Hall–Kier alpha value is -1.76. The molecule has 1 aliphatic rings. The van der Waals surface area contributed by atoms with Crippen LogP contribution in [0.5, 0.6) is 0 Å². The van der Waals surface area contributed by atoms with E-state index in [9.17, 15) is 4.79 Å². The summed E-state index contributed by atoms with van der Waals surface area (Å²) in [6.45, 7) is 5.28. The van der Waals surface area contributed by atoms with Crippen molar-refractivity contribution in [1.82, 2.24) is 10.2 Å². The monoisotopic (exact) mass is 338 g/mol. The molecule has 7 heteroatoms. The van der Waals surface area contributed by atoms with E-state index >= 15 is 0 Å². The Bertz CT molecular complexity index is 661. The first-order chi connectivity index (χ1) is 11.1. The summed E-state index contributed by atoms with van der Waals surface area (Å²) in [4.78, 5) is 14.4. The van der Waals surface area contributed by atoms with Crippen molar-refractivity contribution in [3.05, 3.63) is 46.8 Å². The van der Waals surface area contributed by atoms with Gasteiger partial charge in [-0.05, 0) is 42.8 Å². The van der Waals surface area contributed by atoms with Gasteiger partial charge in [0.15, 0.2) is 11.0 Å². The van der Waals surface area contributed by atoms with Crippen LogP contribution in [0.25, 0.3) is 0 Å². The van der Waals surface area contributed by atoms with E-state index in [1.54, 1.807) is 12.1 Å². The molecular weight excluding hydrogens is 320 g/mol. The first-order valence-corrected chi connectivity index (χ1v) is 7.93. The highest BCUT2D eigenvalue weighted by Gasteiger charge is 2.26. The van der Waals surface area contributed by atoms with E-state index in [0.29, 0.717) is 19.8 Å². The molecule has 3 heterocycles. The lowest BCUT2D eigenvalue weighted by Gasteiger charge is -2.33. The smallest absolute Gasteiger partial charge is 0.287 e. The number of carbonyl (C=O) groups is 1. The number of carbonyl (C=O) groups excluding carboxylic acids is 1. The van der Waals surface area contributed by atoms with Gasteiger partial charge in [0.05, 0.1) is 19.3 Å². The van der Waals surface area contributed by atoms with Crippen LogP contribution in [0.2, 0.25) is 5.22 Å². The first kappa shape index (κ1) is 16.1. The Balaban J connectivity index is 1.69. The molecule has 1 amide bonds. The number of nitrogens with zero attached hydrogens (tertiary/aromatic N) is 1. The van der Waals surface area contributed by atoms with Crippen LogP contribution in [0.15, 0.2) is 33.1 Å². The Labute approximate surface area is 139 Å². The van der Waals surface area contributed by atoms with Crippen molar-refractivity contribution < 1.29 is 18.4 Å². The summed E-state index contributed by atoms with van der Waals surface area (Å²) in [5.41, 5.74) is 0. The van der Waals surface area contributed by atoms with Crippen molar-refractivity contribution in [2.75, 3.05) is 32.8 Å². The van der Waals surface area contributed by atoms with Gasteiger partial charge in [0, 0.05) is 19.6 Å². The summed E-state index contributed by atoms with van der Waals surface area (Å²) in [7, 11) is 0. The third-order valence-electron chi connectivity index (χ3n) is 3.83. The summed E-state index contributed by atoms with van der Waals surface area (Å²) in [5, 5.41) is 3.08. The van der Waals surface area contributed by atoms with Crippen molar-refractivity contribution >= 4 is 17.5 Å². The minimum absolute atomic E-state index is 0.0398. The lowest BCUT2D eigenvalue weighted by atomic mass is 10.1. The first-order valence-electron chi connectivity index (χ1n) is 7.55. The second-order valence-electron chi connectivity index (χ2n) is 5.43. The van der Waals surface area contributed by atoms with Crippen molar-refractivity contribution in [3.63, 3.8) is 0 Å². The molecule has 0 unspecified atom stereocenters. The molecule has 0 bridgehead atoms. The molecular formula is C16H19ClN2O4. The summed E-state index contributed by atoms with van der Waals surface area (Å²) in [5.74, 6) is 1.59. The third-order valence-corrected chi connectivity index (χ3v) is 4.03. The van der Waals surface area contributed by atoms with Crippen molar-refractivity contribution in [1.29, 1.82) is 0 Å². The number of hydrogen-bond acceptors (Lipinski definition) is 5. The lowest BCUT2D eigenvalue weighted by Crippen LogP contribution is -2.43. The molecule has 1 atom stereocenters. The van der Waals surface area contributed by atoms with Gasteiger partial charge in [0.2, 0.25) is 0 Å². The number of nitrogens with one attached hydrogen (secondary N) is 1. The van der Waals surface area contributed by atoms with Crippen LogP contribution in [0.3, 0.4) is 0 Å². The standard InChI is InChI=1S/C16H19ClN2O4/c1-11-2-3-13(22-11)12(19-6-8-21-9-7-19)10-18-16(20)14-4-5-15(17)23-14/h2-5,12H,6-10H2,1H3,(H,18,20)/t12-/m1/s1. The van der Waals surface area contributed by atoms with Crippen molar-refractivity contribution in [3.8, 4) is 0 Å². The van der Waals surface area contributed by atoms with Crippen LogP contribution in [-0.2, 0) is 4.74 Å². The quantitative estimate of drug-likeness (QED) is 0.907. The molecule has 1 saturated heterocycles. The predicted molar refractivity (Wildman–Crippen MR) is 84.6 cm³/mol. The molecule has 0 aliphatic carbocycles. The molecule has 0 radical (unpaired) electrons. The van der Waals surface area contributed by atoms with Crippen LogP contribution in [0.1, 0.15) is 28.1 Å². The molecule has 6 nitrogen and oxygen atoms in total. The SMILES string of the molecule is Cc1ccc([C@@H](CNC(=O)c2ccc(Cl)o2)N2CCOCC2)o1. The van der Waals surface area contributed by atoms with E-state index < -0.39 is 0 Å². The zero-order valence-corrected chi connectivity index (χ0v) is 13.6. The van der Waals surface area contributed by atoms with Crippen LogP contribution in [0.4, 0.5) is 0 Å². The average molecular weight is 339 g/mol. The molecule has 1 N–H and O–H groups in total. The largest absolute Gasteiger partial charge is 0.465 e. The van der Waals surface area contributed by atoms with E-state index in [4.69, 9.17) is 25.2 Å². The third kappa shape index (κ3) is 3.96. The number of amides is 1. The second-order valence-corrected chi connectivity index (χ2v) is 5.80. The fourth-order valence-electron chi connectivity index (χ4n) is 2.64. The fourth-order valence-corrected chi connectivity index (χ4v) is 2.79. The van der Waals surface area contributed by atoms with Gasteiger partial charge in [0.1, 0.15) is 11.5 Å². The molecule has 124 valence electrons. The minimum Gasteiger partial charge on any atom is -0.465 e. The maximum atomic E-state index is 12.1. The molecule has 1 fully saturated rings. The molecule has 23 heavy (non-hydrogen) atoms. The maximum Gasteiger partial charge on any atom is 0.287 e. The van der Waals surface area contributed by atoms with E-state index in [0.717, 1.165) is 24.6 Å². The topological polar surface area (TPSA) is 67.9 Å². The molecule has 1 aliphatic heterocycles. The number of rotatable bonds is 5. The summed E-state index contributed by atoms with van der Waals surface area (Å²) in [6.07, 6.45) is 0. The Morgan fingerprint density at radius 2 is 2.04 bits per heavy atom. The molecule has 3 rings (SSSR count). The highest BCUT2D eigenvalue weighted by atomic mass is 35.5. The zero-order chi connectivity index (χ0) is 16.2. The number of hydrogen-bond donors (Lipinski definition) is 1. The minimum atomic E-state index is -0.293. The van der Waals surface area contributed by atoms with Gasteiger partial charge in [-0.15, -0.1) is 0 Å². The van der Waals surface area contributed by atoms with E-state index in [1.165, 1.54) is 0 Å². The van der Waals surface area contributed by atoms with Crippen molar-refractivity contribution in [2.24, 2.45) is 0 Å².